The van der Waals surface area contributed by atoms with Gasteiger partial charge in [-0.3, -0.25) is 14.5 Å². The zero-order valence-corrected chi connectivity index (χ0v) is 14.1. The van der Waals surface area contributed by atoms with Crippen molar-refractivity contribution in [3.8, 4) is 0 Å². The summed E-state index contributed by atoms with van der Waals surface area (Å²) >= 11 is 0. The maximum absolute atomic E-state index is 12.7. The zero-order chi connectivity index (χ0) is 17.1. The molecule has 5 nitrogen and oxygen atoms in total. The molecule has 1 aromatic heterocycles. The van der Waals surface area contributed by atoms with Crippen LogP contribution in [0.2, 0.25) is 0 Å². The molecule has 24 heavy (non-hydrogen) atoms. The van der Waals surface area contributed by atoms with E-state index in [9.17, 15) is 9.59 Å². The van der Waals surface area contributed by atoms with E-state index in [2.05, 4.69) is 4.90 Å². The number of carboxylic acid groups (broad SMARTS) is 1. The van der Waals surface area contributed by atoms with E-state index in [-0.39, 0.29) is 12.2 Å². The van der Waals surface area contributed by atoms with Crippen molar-refractivity contribution < 1.29 is 14.7 Å². The van der Waals surface area contributed by atoms with Crippen molar-refractivity contribution in [1.29, 1.82) is 0 Å². The number of carbonyl (C=O) groups excluding carboxylic acids is 1. The molecule has 0 saturated carbocycles. The highest BCUT2D eigenvalue weighted by Gasteiger charge is 2.25. The lowest BCUT2D eigenvalue weighted by Crippen LogP contribution is -2.32. The number of aryl methyl sites for hydroxylation is 1. The highest BCUT2D eigenvalue weighted by molar-refractivity contribution is 6.08. The van der Waals surface area contributed by atoms with Crippen LogP contribution in [0.5, 0.6) is 0 Å². The van der Waals surface area contributed by atoms with E-state index in [1.807, 2.05) is 42.1 Å². The highest BCUT2D eigenvalue weighted by atomic mass is 16.4. The van der Waals surface area contributed by atoms with E-state index < -0.39 is 5.97 Å². The summed E-state index contributed by atoms with van der Waals surface area (Å²) in [6, 6.07) is 8.26. The third-order valence-corrected chi connectivity index (χ3v) is 5.01. The van der Waals surface area contributed by atoms with Crippen molar-refractivity contribution in [3.05, 3.63) is 36.0 Å². The van der Waals surface area contributed by atoms with Crippen LogP contribution in [0.1, 0.15) is 42.5 Å². The molecule has 1 unspecified atom stereocenters. The number of Topliss-reactive ketones (excluding diaryl/α,β-unsaturated/α-hetero) is 1. The number of carboxylic acids is 1. The topological polar surface area (TPSA) is 62.5 Å². The summed E-state index contributed by atoms with van der Waals surface area (Å²) in [6.45, 7) is 1.68. The van der Waals surface area contributed by atoms with Crippen molar-refractivity contribution in [3.63, 3.8) is 0 Å². The Morgan fingerprint density at radius 1 is 1.25 bits per heavy atom. The summed E-state index contributed by atoms with van der Waals surface area (Å²) in [5.74, 6) is -0.579. The van der Waals surface area contributed by atoms with Crippen LogP contribution in [0.25, 0.3) is 10.9 Å². The summed E-state index contributed by atoms with van der Waals surface area (Å²) in [7, 11) is 1.96. The van der Waals surface area contributed by atoms with Crippen LogP contribution in [0.15, 0.2) is 30.5 Å². The molecule has 1 fully saturated rings. The van der Waals surface area contributed by atoms with Gasteiger partial charge in [0.15, 0.2) is 5.78 Å². The molecule has 0 radical (unpaired) electrons. The molecule has 2 heterocycles. The fourth-order valence-corrected chi connectivity index (χ4v) is 3.75. The highest BCUT2D eigenvalue weighted by Crippen LogP contribution is 2.24. The van der Waals surface area contributed by atoms with E-state index >= 15 is 0 Å². The SMILES string of the molecule is Cn1cc(C(=O)CCN2CCCC2CCC(=O)O)c2ccccc21. The van der Waals surface area contributed by atoms with Gasteiger partial charge in [0.25, 0.3) is 0 Å². The summed E-state index contributed by atoms with van der Waals surface area (Å²) in [4.78, 5) is 25.7. The monoisotopic (exact) mass is 328 g/mol. The van der Waals surface area contributed by atoms with Crippen LogP contribution < -0.4 is 0 Å². The minimum Gasteiger partial charge on any atom is -0.481 e. The molecule has 0 aliphatic carbocycles. The molecule has 1 saturated heterocycles. The van der Waals surface area contributed by atoms with Crippen LogP contribution in [-0.2, 0) is 11.8 Å². The van der Waals surface area contributed by atoms with Gasteiger partial charge in [-0.25, -0.2) is 0 Å². The Morgan fingerprint density at radius 2 is 2.04 bits per heavy atom. The third-order valence-electron chi connectivity index (χ3n) is 5.01. The molecule has 0 bridgehead atoms. The van der Waals surface area contributed by atoms with Crippen LogP contribution in [0.3, 0.4) is 0 Å². The standard InChI is InChI=1S/C19H24N2O3/c1-20-13-16(15-6-2-3-7-17(15)20)18(22)10-12-21-11-4-5-14(21)8-9-19(23)24/h2-3,6-7,13-14H,4-5,8-12H2,1H3,(H,23,24). The number of hydrogen-bond acceptors (Lipinski definition) is 3. The van der Waals surface area contributed by atoms with Gasteiger partial charge in [0.05, 0.1) is 0 Å². The molecule has 1 aromatic carbocycles. The average molecular weight is 328 g/mol. The number of carbonyl (C=O) groups is 2. The lowest BCUT2D eigenvalue weighted by atomic mass is 10.1. The molecule has 0 spiro atoms. The normalized spacial score (nSPS) is 18.3. The molecule has 5 heteroatoms. The zero-order valence-electron chi connectivity index (χ0n) is 14.1. The Balaban J connectivity index is 1.63. The largest absolute Gasteiger partial charge is 0.481 e. The Kier molecular flexibility index (Phi) is 5.00. The number of ketones is 1. The lowest BCUT2D eigenvalue weighted by Gasteiger charge is -2.23. The molecule has 1 atom stereocenters. The molecule has 2 aromatic rings. The van der Waals surface area contributed by atoms with Gasteiger partial charge in [0.1, 0.15) is 0 Å². The maximum Gasteiger partial charge on any atom is 0.303 e. The van der Waals surface area contributed by atoms with Gasteiger partial charge in [0.2, 0.25) is 0 Å². The summed E-state index contributed by atoms with van der Waals surface area (Å²) in [5.41, 5.74) is 1.86. The third kappa shape index (κ3) is 3.51. The number of aliphatic carboxylic acids is 1. The van der Waals surface area contributed by atoms with Crippen molar-refractivity contribution in [2.24, 2.45) is 7.05 Å². The van der Waals surface area contributed by atoms with Crippen molar-refractivity contribution >= 4 is 22.7 Å². The second kappa shape index (κ2) is 7.18. The molecule has 1 aliphatic rings. The molecular weight excluding hydrogens is 304 g/mol. The summed E-state index contributed by atoms with van der Waals surface area (Å²) < 4.78 is 1.99. The second-order valence-corrected chi connectivity index (χ2v) is 6.61. The van der Waals surface area contributed by atoms with Gasteiger partial charge >= 0.3 is 5.97 Å². The number of hydrogen-bond donors (Lipinski definition) is 1. The van der Waals surface area contributed by atoms with Gasteiger partial charge < -0.3 is 9.67 Å². The number of fused-ring (bicyclic) bond motifs is 1. The molecule has 128 valence electrons. The first kappa shape index (κ1) is 16.7. The van der Waals surface area contributed by atoms with Crippen molar-refractivity contribution in [2.45, 2.75) is 38.1 Å². The quantitative estimate of drug-likeness (QED) is 0.794. The van der Waals surface area contributed by atoms with Gasteiger partial charge in [0, 0.05) is 55.1 Å². The van der Waals surface area contributed by atoms with E-state index in [1.165, 1.54) is 0 Å². The summed E-state index contributed by atoms with van der Waals surface area (Å²) in [6.07, 6.45) is 5.41. The predicted molar refractivity (Wildman–Crippen MR) is 93.3 cm³/mol. The minimum atomic E-state index is -0.742. The fourth-order valence-electron chi connectivity index (χ4n) is 3.75. The Hall–Kier alpha value is -2.14. The second-order valence-electron chi connectivity index (χ2n) is 6.61. The number of para-hydroxylation sites is 1. The van der Waals surface area contributed by atoms with E-state index in [0.29, 0.717) is 25.4 Å². The lowest BCUT2D eigenvalue weighted by molar-refractivity contribution is -0.137. The molecule has 0 amide bonds. The Bertz CT molecular complexity index is 750. The number of rotatable bonds is 7. The van der Waals surface area contributed by atoms with E-state index in [1.54, 1.807) is 0 Å². The van der Waals surface area contributed by atoms with Crippen molar-refractivity contribution in [2.75, 3.05) is 13.1 Å². The first-order valence-corrected chi connectivity index (χ1v) is 8.59. The summed E-state index contributed by atoms with van der Waals surface area (Å²) in [5, 5.41) is 9.86. The Morgan fingerprint density at radius 3 is 2.83 bits per heavy atom. The van der Waals surface area contributed by atoms with E-state index in [0.717, 1.165) is 35.9 Å². The average Bonchev–Trinajstić information content (AvgIpc) is 3.15. The molecule has 1 aliphatic heterocycles. The fraction of sp³-hybridized carbons (Fsp3) is 0.474. The van der Waals surface area contributed by atoms with Crippen LogP contribution in [0, 0.1) is 0 Å². The van der Waals surface area contributed by atoms with Gasteiger partial charge in [-0.15, -0.1) is 0 Å². The van der Waals surface area contributed by atoms with Crippen molar-refractivity contribution in [1.82, 2.24) is 9.47 Å². The predicted octanol–water partition coefficient (Wildman–Crippen LogP) is 3.08. The van der Waals surface area contributed by atoms with Gasteiger partial charge in [-0.05, 0) is 31.9 Å². The number of nitrogens with zero attached hydrogens (tertiary/aromatic N) is 2. The maximum atomic E-state index is 12.7. The smallest absolute Gasteiger partial charge is 0.303 e. The van der Waals surface area contributed by atoms with Gasteiger partial charge in [-0.1, -0.05) is 18.2 Å². The first-order valence-electron chi connectivity index (χ1n) is 8.59. The van der Waals surface area contributed by atoms with Crippen LogP contribution in [0.4, 0.5) is 0 Å². The van der Waals surface area contributed by atoms with Crippen LogP contribution >= 0.6 is 0 Å². The minimum absolute atomic E-state index is 0.163. The molecular formula is C19H24N2O3. The van der Waals surface area contributed by atoms with E-state index in [4.69, 9.17) is 5.11 Å². The number of aromatic nitrogens is 1. The first-order chi connectivity index (χ1) is 11.6. The number of benzene rings is 1. The van der Waals surface area contributed by atoms with Gasteiger partial charge in [-0.2, -0.15) is 0 Å². The molecule has 3 rings (SSSR count). The molecule has 1 N–H and O–H groups in total. The number of likely N-dealkylation sites (tertiary alicyclic amines) is 1. The van der Waals surface area contributed by atoms with Crippen LogP contribution in [-0.4, -0.2) is 45.5 Å². The Labute approximate surface area is 141 Å².